The van der Waals surface area contributed by atoms with Gasteiger partial charge < -0.3 is 15.4 Å². The molecule has 2 rings (SSSR count). The van der Waals surface area contributed by atoms with Gasteiger partial charge in [0.05, 0.1) is 19.6 Å². The molecule has 0 spiro atoms. The Balaban J connectivity index is 2.23. The number of sulfonamides is 1. The number of primary sulfonamides is 1. The maximum absolute atomic E-state index is 12.5. The molecule has 1 unspecified atom stereocenters. The van der Waals surface area contributed by atoms with E-state index in [2.05, 4.69) is 10.6 Å². The average molecular weight is 426 g/mol. The Bertz CT molecular complexity index is 994. The van der Waals surface area contributed by atoms with E-state index in [1.807, 2.05) is 0 Å². The number of nitrogens with one attached hydrogen (secondary N) is 2. The molecule has 2 aromatic rings. The Morgan fingerprint density at radius 3 is 2.46 bits per heavy atom. The normalized spacial score (nSPS) is 12.1. The van der Waals surface area contributed by atoms with Crippen LogP contribution in [0.15, 0.2) is 47.4 Å². The van der Waals surface area contributed by atoms with Crippen molar-refractivity contribution in [3.63, 3.8) is 0 Å². The van der Waals surface area contributed by atoms with E-state index in [1.165, 1.54) is 32.2 Å². The molecule has 28 heavy (non-hydrogen) atoms. The van der Waals surface area contributed by atoms with E-state index < -0.39 is 22.0 Å². The number of anilines is 1. The highest BCUT2D eigenvalue weighted by Crippen LogP contribution is 2.28. The number of benzene rings is 2. The average Bonchev–Trinajstić information content (AvgIpc) is 2.60. The summed E-state index contributed by atoms with van der Waals surface area (Å²) in [7, 11) is -2.73. The summed E-state index contributed by atoms with van der Waals surface area (Å²) < 4.78 is 28.4. The molecule has 10 heteroatoms. The van der Waals surface area contributed by atoms with Gasteiger partial charge in [-0.3, -0.25) is 9.59 Å². The molecule has 2 aromatic carbocycles. The first-order chi connectivity index (χ1) is 13.1. The quantitative estimate of drug-likeness (QED) is 0.626. The van der Waals surface area contributed by atoms with Gasteiger partial charge in [-0.1, -0.05) is 29.8 Å². The number of hydrogen-bond acceptors (Lipinski definition) is 5. The fourth-order valence-electron chi connectivity index (χ4n) is 2.62. The van der Waals surface area contributed by atoms with Gasteiger partial charge in [-0.15, -0.1) is 0 Å². The van der Waals surface area contributed by atoms with E-state index >= 15 is 0 Å². The van der Waals surface area contributed by atoms with Crippen LogP contribution in [0.1, 0.15) is 24.9 Å². The zero-order chi connectivity index (χ0) is 20.9. The van der Waals surface area contributed by atoms with Gasteiger partial charge in [0.2, 0.25) is 21.8 Å². The lowest BCUT2D eigenvalue weighted by molar-refractivity contribution is -0.120. The number of carbonyl (C=O) groups excluding carboxylic acids is 2. The highest BCUT2D eigenvalue weighted by atomic mass is 35.5. The Hall–Kier alpha value is -2.62. The van der Waals surface area contributed by atoms with Crippen LogP contribution in [0, 0.1) is 0 Å². The molecule has 0 saturated heterocycles. The van der Waals surface area contributed by atoms with Crippen molar-refractivity contribution in [3.8, 4) is 5.75 Å². The number of amides is 2. The summed E-state index contributed by atoms with van der Waals surface area (Å²) in [5, 5.41) is 10.9. The highest BCUT2D eigenvalue weighted by molar-refractivity contribution is 7.89. The zero-order valence-corrected chi connectivity index (χ0v) is 16.8. The van der Waals surface area contributed by atoms with E-state index in [9.17, 15) is 18.0 Å². The third-order valence-corrected chi connectivity index (χ3v) is 5.08. The van der Waals surface area contributed by atoms with Crippen LogP contribution in [0.25, 0.3) is 0 Å². The van der Waals surface area contributed by atoms with Crippen molar-refractivity contribution in [1.82, 2.24) is 5.32 Å². The number of ether oxygens (including phenoxy) is 1. The van der Waals surface area contributed by atoms with Gasteiger partial charge >= 0.3 is 0 Å². The lowest BCUT2D eigenvalue weighted by Gasteiger charge is -2.19. The van der Waals surface area contributed by atoms with Crippen LogP contribution in [0.3, 0.4) is 0 Å². The largest absolute Gasteiger partial charge is 0.495 e. The summed E-state index contributed by atoms with van der Waals surface area (Å²) in [6.07, 6.45) is -0.111. The van der Waals surface area contributed by atoms with Gasteiger partial charge in [0.25, 0.3) is 0 Å². The van der Waals surface area contributed by atoms with Gasteiger partial charge in [0.1, 0.15) is 10.6 Å². The van der Waals surface area contributed by atoms with Crippen LogP contribution in [0.2, 0.25) is 5.02 Å². The Kier molecular flexibility index (Phi) is 7.00. The minimum atomic E-state index is -4.04. The number of halogens is 1. The van der Waals surface area contributed by atoms with Crippen molar-refractivity contribution in [3.05, 3.63) is 53.1 Å². The summed E-state index contributed by atoms with van der Waals surface area (Å²) in [5.41, 5.74) is 0.810. The summed E-state index contributed by atoms with van der Waals surface area (Å²) in [5.74, 6) is -0.712. The fraction of sp³-hybridized carbons (Fsp3) is 0.222. The minimum Gasteiger partial charge on any atom is -0.495 e. The monoisotopic (exact) mass is 425 g/mol. The summed E-state index contributed by atoms with van der Waals surface area (Å²) in [6.45, 7) is 1.34. The minimum absolute atomic E-state index is 0.0627. The van der Waals surface area contributed by atoms with Crippen LogP contribution in [0.5, 0.6) is 5.75 Å². The molecule has 1 atom stereocenters. The highest BCUT2D eigenvalue weighted by Gasteiger charge is 2.21. The zero-order valence-electron chi connectivity index (χ0n) is 15.2. The topological polar surface area (TPSA) is 128 Å². The van der Waals surface area contributed by atoms with Crippen LogP contribution >= 0.6 is 11.6 Å². The SMILES string of the molecule is COc1ccc(NC(=O)CC(NC(C)=O)c2ccccc2Cl)cc1S(N)(=O)=O. The lowest BCUT2D eigenvalue weighted by Crippen LogP contribution is -2.30. The van der Waals surface area contributed by atoms with Crippen molar-refractivity contribution in [2.45, 2.75) is 24.3 Å². The molecule has 8 nitrogen and oxygen atoms in total. The molecule has 0 radical (unpaired) electrons. The van der Waals surface area contributed by atoms with Crippen molar-refractivity contribution >= 4 is 39.1 Å². The first-order valence-corrected chi connectivity index (χ1v) is 10.1. The maximum atomic E-state index is 12.5. The molecule has 4 N–H and O–H groups in total. The van der Waals surface area contributed by atoms with Crippen LogP contribution < -0.4 is 20.5 Å². The maximum Gasteiger partial charge on any atom is 0.241 e. The molecule has 0 aliphatic rings. The number of carbonyl (C=O) groups is 2. The molecule has 0 fully saturated rings. The third kappa shape index (κ3) is 5.69. The standard InChI is InChI=1S/C18H20ClN3O5S/c1-11(23)21-15(13-5-3-4-6-14(13)19)10-18(24)22-12-7-8-16(27-2)17(9-12)28(20,25)26/h3-9,15H,10H2,1-2H3,(H,21,23)(H,22,24)(H2,20,25,26). The van der Waals surface area contributed by atoms with Crippen LogP contribution in [-0.2, 0) is 19.6 Å². The van der Waals surface area contributed by atoms with E-state index in [4.69, 9.17) is 21.5 Å². The molecule has 0 saturated carbocycles. The molecule has 150 valence electrons. The second-order valence-corrected chi connectivity index (χ2v) is 7.87. The first kappa shape index (κ1) is 21.7. The lowest BCUT2D eigenvalue weighted by atomic mass is 10.0. The van der Waals surface area contributed by atoms with E-state index in [0.29, 0.717) is 10.6 Å². The van der Waals surface area contributed by atoms with Gasteiger partial charge in [-0.2, -0.15) is 0 Å². The third-order valence-electron chi connectivity index (χ3n) is 3.80. The van der Waals surface area contributed by atoms with Crippen molar-refractivity contribution in [1.29, 1.82) is 0 Å². The van der Waals surface area contributed by atoms with Gasteiger partial charge in [0, 0.05) is 17.6 Å². The van der Waals surface area contributed by atoms with E-state index in [-0.39, 0.29) is 28.7 Å². The Morgan fingerprint density at radius 2 is 1.89 bits per heavy atom. The fourth-order valence-corrected chi connectivity index (χ4v) is 3.61. The Morgan fingerprint density at radius 1 is 1.21 bits per heavy atom. The van der Waals surface area contributed by atoms with Crippen molar-refractivity contribution in [2.75, 3.05) is 12.4 Å². The predicted octanol–water partition coefficient (Wildman–Crippen LogP) is 2.20. The second-order valence-electron chi connectivity index (χ2n) is 5.94. The predicted molar refractivity (Wildman–Crippen MR) is 106 cm³/mol. The molecule has 0 aromatic heterocycles. The summed E-state index contributed by atoms with van der Waals surface area (Å²) >= 11 is 6.17. The van der Waals surface area contributed by atoms with Crippen molar-refractivity contribution in [2.24, 2.45) is 5.14 Å². The molecule has 0 bridgehead atoms. The molecule has 2 amide bonds. The van der Waals surface area contributed by atoms with Gasteiger partial charge in [-0.05, 0) is 29.8 Å². The molecular formula is C18H20ClN3O5S. The van der Waals surface area contributed by atoms with E-state index in [1.54, 1.807) is 24.3 Å². The smallest absolute Gasteiger partial charge is 0.241 e. The van der Waals surface area contributed by atoms with Gasteiger partial charge in [0.15, 0.2) is 0 Å². The van der Waals surface area contributed by atoms with Crippen LogP contribution in [0.4, 0.5) is 5.69 Å². The molecule has 0 aliphatic heterocycles. The summed E-state index contributed by atoms with van der Waals surface area (Å²) in [6, 6.07) is 10.3. The Labute approximate surface area is 168 Å². The molecule has 0 aliphatic carbocycles. The summed E-state index contributed by atoms with van der Waals surface area (Å²) in [4.78, 5) is 23.8. The number of hydrogen-bond donors (Lipinski definition) is 3. The van der Waals surface area contributed by atoms with Crippen LogP contribution in [-0.4, -0.2) is 27.3 Å². The number of rotatable bonds is 7. The molecule has 0 heterocycles. The molecular weight excluding hydrogens is 406 g/mol. The van der Waals surface area contributed by atoms with E-state index in [0.717, 1.165) is 0 Å². The second kappa shape index (κ2) is 9.05. The first-order valence-electron chi connectivity index (χ1n) is 8.14. The van der Waals surface area contributed by atoms with Gasteiger partial charge in [-0.25, -0.2) is 13.6 Å². The number of nitrogens with two attached hydrogens (primary N) is 1. The number of methoxy groups -OCH3 is 1. The van der Waals surface area contributed by atoms with Crippen molar-refractivity contribution < 1.29 is 22.7 Å².